The minimum Gasteiger partial charge on any atom is -0.322 e. The first kappa shape index (κ1) is 16.2. The predicted molar refractivity (Wildman–Crippen MR) is 89.7 cm³/mol. The van der Waals surface area contributed by atoms with Crippen LogP contribution in [-0.2, 0) is 4.79 Å². The molecule has 0 saturated carbocycles. The molecule has 4 heteroatoms. The Labute approximate surface area is 134 Å². The van der Waals surface area contributed by atoms with Gasteiger partial charge in [-0.2, -0.15) is 0 Å². The summed E-state index contributed by atoms with van der Waals surface area (Å²) in [6.07, 6.45) is 2.66. The van der Waals surface area contributed by atoms with Gasteiger partial charge in [0.25, 0.3) is 0 Å². The summed E-state index contributed by atoms with van der Waals surface area (Å²) in [5.41, 5.74) is 4.10. The van der Waals surface area contributed by atoms with E-state index in [9.17, 15) is 9.18 Å². The normalized spacial score (nSPS) is 11.0. The summed E-state index contributed by atoms with van der Waals surface area (Å²) in [6.45, 7) is 5.88. The molecule has 1 amide bonds. The molecule has 0 aliphatic rings. The number of carbonyl (C=O) groups is 1. The van der Waals surface area contributed by atoms with Gasteiger partial charge >= 0.3 is 0 Å². The molecule has 2 nitrogen and oxygen atoms in total. The van der Waals surface area contributed by atoms with Crippen molar-refractivity contribution >= 4 is 29.3 Å². The van der Waals surface area contributed by atoms with Crippen LogP contribution in [-0.4, -0.2) is 5.91 Å². The van der Waals surface area contributed by atoms with E-state index >= 15 is 0 Å². The quantitative estimate of drug-likeness (QED) is 0.788. The summed E-state index contributed by atoms with van der Waals surface area (Å²) in [7, 11) is 0. The minimum atomic E-state index is -0.459. The Bertz CT molecular complexity index is 709. The Kier molecular flexibility index (Phi) is 4.99. The van der Waals surface area contributed by atoms with E-state index in [1.54, 1.807) is 6.07 Å². The fourth-order valence-corrected chi connectivity index (χ4v) is 2.60. The molecule has 0 fully saturated rings. The van der Waals surface area contributed by atoms with Crippen molar-refractivity contribution in [1.82, 2.24) is 0 Å². The standard InChI is InChI=1S/C18H17ClFNO/c1-11-9-12(2)18(13(3)10-11)21-17(22)8-7-14-15(19)5-4-6-16(14)20/h4-10H,1-3H3,(H,21,22)/b8-7+. The highest BCUT2D eigenvalue weighted by atomic mass is 35.5. The summed E-state index contributed by atoms with van der Waals surface area (Å²) >= 11 is 5.92. The molecule has 0 bridgehead atoms. The lowest BCUT2D eigenvalue weighted by Crippen LogP contribution is -2.10. The fourth-order valence-electron chi connectivity index (χ4n) is 2.37. The molecule has 0 aliphatic carbocycles. The van der Waals surface area contributed by atoms with Crippen molar-refractivity contribution < 1.29 is 9.18 Å². The molecule has 0 heterocycles. The van der Waals surface area contributed by atoms with E-state index in [1.807, 2.05) is 32.9 Å². The zero-order valence-electron chi connectivity index (χ0n) is 12.7. The maximum Gasteiger partial charge on any atom is 0.248 e. The number of rotatable bonds is 3. The Morgan fingerprint density at radius 3 is 2.41 bits per heavy atom. The lowest BCUT2D eigenvalue weighted by atomic mass is 10.1. The van der Waals surface area contributed by atoms with E-state index in [0.717, 1.165) is 22.4 Å². The van der Waals surface area contributed by atoms with Crippen molar-refractivity contribution in [3.8, 4) is 0 Å². The van der Waals surface area contributed by atoms with Crippen molar-refractivity contribution in [3.05, 3.63) is 69.5 Å². The first-order chi connectivity index (χ1) is 10.4. The molecule has 0 aromatic heterocycles. The van der Waals surface area contributed by atoms with Crippen molar-refractivity contribution in [2.24, 2.45) is 0 Å². The van der Waals surface area contributed by atoms with Crippen LogP contribution in [0.25, 0.3) is 6.08 Å². The molecule has 1 N–H and O–H groups in total. The maximum atomic E-state index is 13.6. The van der Waals surface area contributed by atoms with Gasteiger partial charge in [0, 0.05) is 17.3 Å². The molecule has 0 aliphatic heterocycles. The van der Waals surface area contributed by atoms with Gasteiger partial charge in [-0.3, -0.25) is 4.79 Å². The summed E-state index contributed by atoms with van der Waals surface area (Å²) in [6, 6.07) is 8.41. The summed E-state index contributed by atoms with van der Waals surface area (Å²) in [5.74, 6) is -0.784. The van der Waals surface area contributed by atoms with Gasteiger partial charge in [0.1, 0.15) is 5.82 Å². The summed E-state index contributed by atoms with van der Waals surface area (Å²) in [4.78, 5) is 12.0. The number of anilines is 1. The fraction of sp³-hybridized carbons (Fsp3) is 0.167. The molecule has 0 atom stereocenters. The van der Waals surface area contributed by atoms with Crippen LogP contribution in [0.3, 0.4) is 0 Å². The van der Waals surface area contributed by atoms with Gasteiger partial charge in [-0.15, -0.1) is 0 Å². The topological polar surface area (TPSA) is 29.1 Å². The highest BCUT2D eigenvalue weighted by Crippen LogP contribution is 2.23. The van der Waals surface area contributed by atoms with Crippen molar-refractivity contribution in [2.75, 3.05) is 5.32 Å². The highest BCUT2D eigenvalue weighted by Gasteiger charge is 2.07. The van der Waals surface area contributed by atoms with Crippen LogP contribution in [0.2, 0.25) is 5.02 Å². The number of amides is 1. The smallest absolute Gasteiger partial charge is 0.248 e. The minimum absolute atomic E-state index is 0.205. The van der Waals surface area contributed by atoms with E-state index < -0.39 is 5.82 Å². The van der Waals surface area contributed by atoms with Crippen LogP contribution in [0.4, 0.5) is 10.1 Å². The van der Waals surface area contributed by atoms with Crippen molar-refractivity contribution in [2.45, 2.75) is 20.8 Å². The average Bonchev–Trinajstić information content (AvgIpc) is 2.42. The molecule has 0 unspecified atom stereocenters. The highest BCUT2D eigenvalue weighted by molar-refractivity contribution is 6.32. The number of nitrogens with one attached hydrogen (secondary N) is 1. The first-order valence-corrected chi connectivity index (χ1v) is 7.27. The van der Waals surface area contributed by atoms with Crippen LogP contribution >= 0.6 is 11.6 Å². The molecule has 2 rings (SSSR count). The summed E-state index contributed by atoms with van der Waals surface area (Å²) in [5, 5.41) is 3.09. The lowest BCUT2D eigenvalue weighted by molar-refractivity contribution is -0.111. The maximum absolute atomic E-state index is 13.6. The molecular formula is C18H17ClFNO. The number of hydrogen-bond donors (Lipinski definition) is 1. The van der Waals surface area contributed by atoms with Gasteiger partial charge in [-0.1, -0.05) is 35.4 Å². The second-order valence-corrected chi connectivity index (χ2v) is 5.64. The second kappa shape index (κ2) is 6.75. The molecule has 0 saturated heterocycles. The molecule has 0 spiro atoms. The monoisotopic (exact) mass is 317 g/mol. The number of hydrogen-bond acceptors (Lipinski definition) is 1. The van der Waals surface area contributed by atoms with Gasteiger partial charge in [-0.25, -0.2) is 4.39 Å². The summed E-state index contributed by atoms with van der Waals surface area (Å²) < 4.78 is 13.6. The zero-order valence-corrected chi connectivity index (χ0v) is 13.5. The largest absolute Gasteiger partial charge is 0.322 e. The van der Waals surface area contributed by atoms with E-state index in [-0.39, 0.29) is 16.5 Å². The molecule has 2 aromatic rings. The molecular weight excluding hydrogens is 301 g/mol. The van der Waals surface area contributed by atoms with Gasteiger partial charge in [0.15, 0.2) is 0 Å². The predicted octanol–water partition coefficient (Wildman–Crippen LogP) is 5.06. The number of halogens is 2. The van der Waals surface area contributed by atoms with Crippen molar-refractivity contribution in [3.63, 3.8) is 0 Å². The average molecular weight is 318 g/mol. The van der Waals surface area contributed by atoms with Crippen molar-refractivity contribution in [1.29, 1.82) is 0 Å². The van der Waals surface area contributed by atoms with Crippen LogP contribution in [0.5, 0.6) is 0 Å². The SMILES string of the molecule is Cc1cc(C)c(NC(=O)/C=C/c2c(F)cccc2Cl)c(C)c1. The number of carbonyl (C=O) groups excluding carboxylic acids is 1. The van der Waals surface area contributed by atoms with E-state index in [1.165, 1.54) is 24.3 Å². The Hall–Kier alpha value is -2.13. The van der Waals surface area contributed by atoms with Crippen LogP contribution in [0.1, 0.15) is 22.3 Å². The third kappa shape index (κ3) is 3.74. The van der Waals surface area contributed by atoms with E-state index in [0.29, 0.717) is 0 Å². The first-order valence-electron chi connectivity index (χ1n) is 6.89. The lowest BCUT2D eigenvalue weighted by Gasteiger charge is -2.11. The second-order valence-electron chi connectivity index (χ2n) is 5.23. The van der Waals surface area contributed by atoms with Gasteiger partial charge in [0.2, 0.25) is 5.91 Å². The van der Waals surface area contributed by atoms with Crippen LogP contribution < -0.4 is 5.32 Å². The van der Waals surface area contributed by atoms with Gasteiger partial charge in [0.05, 0.1) is 5.02 Å². The molecule has 114 valence electrons. The third-order valence-corrected chi connectivity index (χ3v) is 3.66. The third-order valence-electron chi connectivity index (χ3n) is 3.33. The molecule has 0 radical (unpaired) electrons. The van der Waals surface area contributed by atoms with Gasteiger partial charge in [-0.05, 0) is 50.1 Å². The zero-order chi connectivity index (χ0) is 16.3. The van der Waals surface area contributed by atoms with E-state index in [2.05, 4.69) is 5.32 Å². The number of aryl methyl sites for hydroxylation is 3. The molecule has 2 aromatic carbocycles. The van der Waals surface area contributed by atoms with E-state index in [4.69, 9.17) is 11.6 Å². The molecule has 22 heavy (non-hydrogen) atoms. The Balaban J connectivity index is 2.19. The Morgan fingerprint density at radius 2 is 1.82 bits per heavy atom. The number of benzene rings is 2. The van der Waals surface area contributed by atoms with Gasteiger partial charge < -0.3 is 5.32 Å². The van der Waals surface area contributed by atoms with Crippen LogP contribution in [0, 0.1) is 26.6 Å². The Morgan fingerprint density at radius 1 is 1.18 bits per heavy atom. The van der Waals surface area contributed by atoms with Crippen LogP contribution in [0.15, 0.2) is 36.4 Å².